The predicted molar refractivity (Wildman–Crippen MR) is 89.9 cm³/mol. The lowest BCUT2D eigenvalue weighted by molar-refractivity contribution is -0.917. The first-order valence-corrected chi connectivity index (χ1v) is 8.11. The molecular weight excluding hydrogens is 288 g/mol. The summed E-state index contributed by atoms with van der Waals surface area (Å²) in [7, 11) is 0. The highest BCUT2D eigenvalue weighted by atomic mass is 16.3. The summed E-state index contributed by atoms with van der Waals surface area (Å²) < 4.78 is 5.20. The number of carbonyl (C=O) groups is 1. The highest BCUT2D eigenvalue weighted by molar-refractivity contribution is 5.91. The molecule has 0 radical (unpaired) electrons. The van der Waals surface area contributed by atoms with Crippen LogP contribution in [-0.4, -0.2) is 37.0 Å². The fraction of sp³-hybridized carbons (Fsp3) is 0.316. The maximum Gasteiger partial charge on any atom is 0.247 e. The third-order valence-electron chi connectivity index (χ3n) is 4.42. The molecule has 0 unspecified atom stereocenters. The second kappa shape index (κ2) is 7.29. The molecule has 0 atom stereocenters. The molecule has 1 amide bonds. The molecule has 1 saturated heterocycles. The van der Waals surface area contributed by atoms with Crippen LogP contribution in [0.3, 0.4) is 0 Å². The Labute approximate surface area is 137 Å². The fourth-order valence-electron chi connectivity index (χ4n) is 2.94. The van der Waals surface area contributed by atoms with Gasteiger partial charge in [-0.1, -0.05) is 24.3 Å². The summed E-state index contributed by atoms with van der Waals surface area (Å²) in [5.41, 5.74) is 2.75. The van der Waals surface area contributed by atoms with E-state index < -0.39 is 0 Å². The van der Waals surface area contributed by atoms with Crippen molar-refractivity contribution in [3.63, 3.8) is 0 Å². The molecule has 1 aliphatic heterocycles. The predicted octanol–water partition coefficient (Wildman–Crippen LogP) is 1.53. The van der Waals surface area contributed by atoms with Gasteiger partial charge in [-0.15, -0.1) is 0 Å². The Hall–Kier alpha value is -2.33. The van der Waals surface area contributed by atoms with Crippen LogP contribution in [0.25, 0.3) is 6.08 Å². The summed E-state index contributed by atoms with van der Waals surface area (Å²) in [4.78, 5) is 15.7. The lowest BCUT2D eigenvalue weighted by Gasteiger charge is -2.32. The van der Waals surface area contributed by atoms with Crippen molar-refractivity contribution in [2.75, 3.05) is 26.2 Å². The number of nitrogens with zero attached hydrogens (tertiary/aromatic N) is 1. The first kappa shape index (κ1) is 15.6. The van der Waals surface area contributed by atoms with Crippen molar-refractivity contribution in [1.82, 2.24) is 4.90 Å². The average molecular weight is 311 g/mol. The molecular formula is C19H23N2O2+. The molecule has 120 valence electrons. The van der Waals surface area contributed by atoms with E-state index in [9.17, 15) is 4.79 Å². The van der Waals surface area contributed by atoms with E-state index in [1.165, 1.54) is 11.1 Å². The summed E-state index contributed by atoms with van der Waals surface area (Å²) in [5.74, 6) is 0.776. The van der Waals surface area contributed by atoms with Crippen LogP contribution in [0.1, 0.15) is 16.9 Å². The summed E-state index contributed by atoms with van der Waals surface area (Å²) in [6, 6.07) is 12.2. The minimum absolute atomic E-state index is 0.0661. The van der Waals surface area contributed by atoms with Crippen LogP contribution >= 0.6 is 0 Å². The zero-order valence-corrected chi connectivity index (χ0v) is 13.5. The number of hydrogen-bond donors (Lipinski definition) is 1. The smallest absolute Gasteiger partial charge is 0.247 e. The summed E-state index contributed by atoms with van der Waals surface area (Å²) in [5, 5.41) is 0. The van der Waals surface area contributed by atoms with E-state index in [0.717, 1.165) is 32.7 Å². The monoisotopic (exact) mass is 311 g/mol. The Morgan fingerprint density at radius 1 is 1.22 bits per heavy atom. The Kier molecular flexibility index (Phi) is 4.93. The Balaban J connectivity index is 1.50. The highest BCUT2D eigenvalue weighted by Crippen LogP contribution is 2.06. The number of furan rings is 1. The van der Waals surface area contributed by atoms with Gasteiger partial charge in [0.15, 0.2) is 0 Å². The molecule has 0 aliphatic carbocycles. The van der Waals surface area contributed by atoms with E-state index >= 15 is 0 Å². The van der Waals surface area contributed by atoms with Crippen LogP contribution in [0, 0.1) is 6.92 Å². The molecule has 1 fully saturated rings. The van der Waals surface area contributed by atoms with E-state index in [1.807, 2.05) is 17.0 Å². The van der Waals surface area contributed by atoms with Crippen LogP contribution in [-0.2, 0) is 11.3 Å². The summed E-state index contributed by atoms with van der Waals surface area (Å²) in [6.45, 7) is 6.80. The number of nitrogens with one attached hydrogen (secondary N) is 1. The molecule has 23 heavy (non-hydrogen) atoms. The molecule has 1 aliphatic rings. The number of hydrogen-bond acceptors (Lipinski definition) is 2. The molecule has 0 bridgehead atoms. The van der Waals surface area contributed by atoms with Crippen molar-refractivity contribution in [1.29, 1.82) is 0 Å². The van der Waals surface area contributed by atoms with Gasteiger partial charge in [-0.3, -0.25) is 4.79 Å². The number of aryl methyl sites for hydroxylation is 1. The minimum atomic E-state index is 0.0661. The van der Waals surface area contributed by atoms with Crippen LogP contribution in [0.15, 0.2) is 53.2 Å². The third kappa shape index (κ3) is 4.11. The van der Waals surface area contributed by atoms with Gasteiger partial charge in [-0.25, -0.2) is 0 Å². The molecule has 0 saturated carbocycles. The van der Waals surface area contributed by atoms with Gasteiger partial charge in [0.1, 0.15) is 12.3 Å². The Morgan fingerprint density at radius 2 is 2.00 bits per heavy atom. The van der Waals surface area contributed by atoms with Gasteiger partial charge >= 0.3 is 0 Å². The van der Waals surface area contributed by atoms with E-state index in [2.05, 4.69) is 31.2 Å². The molecule has 4 nitrogen and oxygen atoms in total. The third-order valence-corrected chi connectivity index (χ3v) is 4.42. The molecule has 2 heterocycles. The number of rotatable bonds is 4. The quantitative estimate of drug-likeness (QED) is 0.870. The Bertz CT molecular complexity index is 668. The van der Waals surface area contributed by atoms with E-state index in [-0.39, 0.29) is 5.91 Å². The first-order chi connectivity index (χ1) is 11.2. The van der Waals surface area contributed by atoms with Gasteiger partial charge < -0.3 is 14.2 Å². The van der Waals surface area contributed by atoms with Crippen LogP contribution in [0.2, 0.25) is 0 Å². The van der Waals surface area contributed by atoms with E-state index in [1.54, 1.807) is 23.3 Å². The normalized spacial score (nSPS) is 16.1. The fourth-order valence-corrected chi connectivity index (χ4v) is 2.94. The highest BCUT2D eigenvalue weighted by Gasteiger charge is 2.22. The molecule has 2 aromatic rings. The van der Waals surface area contributed by atoms with Crippen molar-refractivity contribution < 1.29 is 14.1 Å². The number of amides is 1. The molecule has 4 heteroatoms. The van der Waals surface area contributed by atoms with Gasteiger partial charge in [-0.05, 0) is 30.7 Å². The largest absolute Gasteiger partial charge is 0.465 e. The first-order valence-electron chi connectivity index (χ1n) is 8.11. The zero-order chi connectivity index (χ0) is 16.1. The van der Waals surface area contributed by atoms with E-state index in [4.69, 9.17) is 4.42 Å². The van der Waals surface area contributed by atoms with Crippen molar-refractivity contribution >= 4 is 12.0 Å². The number of quaternary nitrogens is 1. The number of carbonyl (C=O) groups excluding carboxylic acids is 1. The molecule has 1 aromatic heterocycles. The van der Waals surface area contributed by atoms with Gasteiger partial charge in [0.25, 0.3) is 0 Å². The molecule has 1 aromatic carbocycles. The van der Waals surface area contributed by atoms with Gasteiger partial charge in [0, 0.05) is 11.6 Å². The van der Waals surface area contributed by atoms with Crippen LogP contribution in [0.4, 0.5) is 0 Å². The topological polar surface area (TPSA) is 37.9 Å². The maximum absolute atomic E-state index is 12.2. The van der Waals surface area contributed by atoms with Crippen LogP contribution in [0.5, 0.6) is 0 Å². The van der Waals surface area contributed by atoms with Gasteiger partial charge in [0.05, 0.1) is 32.4 Å². The van der Waals surface area contributed by atoms with Gasteiger partial charge in [0.2, 0.25) is 5.91 Å². The average Bonchev–Trinajstić information content (AvgIpc) is 3.09. The second-order valence-corrected chi connectivity index (χ2v) is 6.03. The molecule has 3 rings (SSSR count). The van der Waals surface area contributed by atoms with Gasteiger partial charge in [-0.2, -0.15) is 0 Å². The standard InChI is InChI=1S/C19H22N2O2/c1-16-5-2-3-6-17(16)15-20-10-12-21(13-11-20)19(22)9-8-18-7-4-14-23-18/h2-9,14H,10-13,15H2,1H3/p+1/b9-8+. The lowest BCUT2D eigenvalue weighted by Crippen LogP contribution is -3.13. The number of benzene rings is 1. The van der Waals surface area contributed by atoms with Crippen molar-refractivity contribution in [2.24, 2.45) is 0 Å². The lowest BCUT2D eigenvalue weighted by atomic mass is 10.1. The maximum atomic E-state index is 12.2. The summed E-state index contributed by atoms with van der Waals surface area (Å²) in [6.07, 6.45) is 4.94. The van der Waals surface area contributed by atoms with Crippen molar-refractivity contribution in [2.45, 2.75) is 13.5 Å². The van der Waals surface area contributed by atoms with E-state index in [0.29, 0.717) is 5.76 Å². The number of piperazine rings is 1. The molecule has 0 spiro atoms. The van der Waals surface area contributed by atoms with Crippen LogP contribution < -0.4 is 4.90 Å². The summed E-state index contributed by atoms with van der Waals surface area (Å²) >= 11 is 0. The Morgan fingerprint density at radius 3 is 2.70 bits per heavy atom. The molecule has 1 N–H and O–H groups in total. The minimum Gasteiger partial charge on any atom is -0.465 e. The van der Waals surface area contributed by atoms with Crippen molar-refractivity contribution in [3.05, 3.63) is 65.6 Å². The second-order valence-electron chi connectivity index (χ2n) is 6.03. The SMILES string of the molecule is Cc1ccccc1C[NH+]1CCN(C(=O)/C=C/c2ccco2)CC1. The zero-order valence-electron chi connectivity index (χ0n) is 13.5. The van der Waals surface area contributed by atoms with Crippen molar-refractivity contribution in [3.8, 4) is 0 Å².